The molecule has 1 aliphatic carbocycles. The van der Waals surface area contributed by atoms with Crippen LogP contribution in [-0.2, 0) is 21.4 Å². The highest BCUT2D eigenvalue weighted by Gasteiger charge is 2.42. The van der Waals surface area contributed by atoms with E-state index in [1.54, 1.807) is 22.6 Å². The molecule has 2 aromatic rings. The molecule has 2 heterocycles. The predicted molar refractivity (Wildman–Crippen MR) is 96.5 cm³/mol. The minimum atomic E-state index is -3.60. The fourth-order valence-electron chi connectivity index (χ4n) is 2.71. The summed E-state index contributed by atoms with van der Waals surface area (Å²) >= 11 is 1.20. The molecular weight excluding hydrogens is 358 g/mol. The summed E-state index contributed by atoms with van der Waals surface area (Å²) in [6, 6.07) is 8.63. The van der Waals surface area contributed by atoms with Gasteiger partial charge in [0.25, 0.3) is 10.0 Å². The smallest absolute Gasteiger partial charge is 0.253 e. The molecule has 0 spiro atoms. The largest absolute Gasteiger partial charge is 0.351 e. The van der Waals surface area contributed by atoms with Gasteiger partial charge in [0.05, 0.1) is 18.3 Å². The first kappa shape index (κ1) is 18.0. The third kappa shape index (κ3) is 4.08. The van der Waals surface area contributed by atoms with Gasteiger partial charge in [-0.15, -0.1) is 11.3 Å². The molecular formula is C17H21N3O3S2. The molecule has 0 unspecified atom stereocenters. The van der Waals surface area contributed by atoms with Gasteiger partial charge in [0.15, 0.2) is 0 Å². The number of rotatable bonds is 7. The van der Waals surface area contributed by atoms with Crippen molar-refractivity contribution in [1.82, 2.24) is 14.6 Å². The van der Waals surface area contributed by atoms with Gasteiger partial charge in [-0.2, -0.15) is 4.31 Å². The third-order valence-corrected chi connectivity index (χ3v) is 7.66. The Hall–Kier alpha value is -1.77. The summed E-state index contributed by atoms with van der Waals surface area (Å²) in [7, 11) is -3.60. The highest BCUT2D eigenvalue weighted by molar-refractivity contribution is 7.91. The van der Waals surface area contributed by atoms with E-state index in [9.17, 15) is 13.2 Å². The number of nitrogens with one attached hydrogen (secondary N) is 1. The summed E-state index contributed by atoms with van der Waals surface area (Å²) < 4.78 is 28.3. The van der Waals surface area contributed by atoms with Crippen LogP contribution < -0.4 is 5.32 Å². The first-order valence-corrected chi connectivity index (χ1v) is 10.4. The Morgan fingerprint density at radius 3 is 2.72 bits per heavy atom. The molecule has 1 aliphatic rings. The molecule has 134 valence electrons. The van der Waals surface area contributed by atoms with Crippen LogP contribution in [0.3, 0.4) is 0 Å². The van der Waals surface area contributed by atoms with Gasteiger partial charge in [-0.1, -0.05) is 6.07 Å². The fourth-order valence-corrected chi connectivity index (χ4v) is 5.96. The van der Waals surface area contributed by atoms with E-state index < -0.39 is 10.0 Å². The van der Waals surface area contributed by atoms with E-state index in [2.05, 4.69) is 10.3 Å². The summed E-state index contributed by atoms with van der Waals surface area (Å²) in [5.74, 6) is -0.138. The van der Waals surface area contributed by atoms with Crippen LogP contribution in [-0.4, -0.2) is 29.7 Å². The maximum absolute atomic E-state index is 13.2. The molecule has 0 aromatic carbocycles. The molecule has 1 N–H and O–H groups in total. The molecule has 1 atom stereocenters. The van der Waals surface area contributed by atoms with Gasteiger partial charge in [-0.25, -0.2) is 8.42 Å². The number of pyridine rings is 1. The van der Waals surface area contributed by atoms with Crippen molar-refractivity contribution < 1.29 is 13.2 Å². The van der Waals surface area contributed by atoms with Crippen molar-refractivity contribution in [3.05, 3.63) is 47.1 Å². The zero-order chi connectivity index (χ0) is 18.0. The van der Waals surface area contributed by atoms with Crippen LogP contribution >= 0.6 is 11.3 Å². The van der Waals surface area contributed by atoms with Crippen molar-refractivity contribution in [3.63, 3.8) is 0 Å². The average Bonchev–Trinajstić information content (AvgIpc) is 3.28. The molecule has 3 rings (SSSR count). The lowest BCUT2D eigenvalue weighted by Crippen LogP contribution is -2.35. The molecule has 2 aromatic heterocycles. The number of nitrogens with zero attached hydrogens (tertiary/aromatic N) is 2. The Labute approximate surface area is 151 Å². The Morgan fingerprint density at radius 2 is 2.12 bits per heavy atom. The third-order valence-electron chi connectivity index (χ3n) is 4.08. The monoisotopic (exact) mass is 379 g/mol. The number of hydrogen-bond donors (Lipinski definition) is 1. The second-order valence-electron chi connectivity index (χ2n) is 6.13. The van der Waals surface area contributed by atoms with E-state index in [-0.39, 0.29) is 18.0 Å². The molecule has 6 nitrogen and oxygen atoms in total. The maximum Gasteiger partial charge on any atom is 0.253 e. The molecule has 8 heteroatoms. The first-order chi connectivity index (χ1) is 11.9. The standard InChI is InChI=1S/C17H21N3O3S2/c1-12(16-5-3-4-10-18-16)20(14-6-7-14)25(22,23)17-9-8-15(24-17)11-19-13(2)21/h3-5,8-10,12,14H,6-7,11H2,1-2H3,(H,19,21)/t12-/m1/s1. The van der Waals surface area contributed by atoms with E-state index in [1.807, 2.05) is 25.1 Å². The van der Waals surface area contributed by atoms with Crippen LogP contribution in [0.25, 0.3) is 0 Å². The van der Waals surface area contributed by atoms with Gasteiger partial charge in [-0.3, -0.25) is 9.78 Å². The second kappa shape index (κ2) is 7.23. The fraction of sp³-hybridized carbons (Fsp3) is 0.412. The lowest BCUT2D eigenvalue weighted by molar-refractivity contribution is -0.119. The van der Waals surface area contributed by atoms with Crippen molar-refractivity contribution in [2.24, 2.45) is 0 Å². The number of amides is 1. The number of thiophene rings is 1. The van der Waals surface area contributed by atoms with Crippen LogP contribution in [0.15, 0.2) is 40.7 Å². The molecule has 1 fully saturated rings. The summed E-state index contributed by atoms with van der Waals surface area (Å²) in [5, 5.41) is 2.69. The van der Waals surface area contributed by atoms with E-state index in [4.69, 9.17) is 0 Å². The minimum Gasteiger partial charge on any atom is -0.351 e. The van der Waals surface area contributed by atoms with Crippen LogP contribution in [0, 0.1) is 0 Å². The van der Waals surface area contributed by atoms with Gasteiger partial charge in [0.2, 0.25) is 5.91 Å². The zero-order valence-electron chi connectivity index (χ0n) is 14.2. The topological polar surface area (TPSA) is 79.4 Å². The lowest BCUT2D eigenvalue weighted by atomic mass is 10.2. The quantitative estimate of drug-likeness (QED) is 0.802. The van der Waals surface area contributed by atoms with Crippen LogP contribution in [0.4, 0.5) is 0 Å². The summed E-state index contributed by atoms with van der Waals surface area (Å²) in [5.41, 5.74) is 0.744. The normalized spacial score (nSPS) is 16.0. The van der Waals surface area contributed by atoms with Crippen LogP contribution in [0.5, 0.6) is 0 Å². The summed E-state index contributed by atoms with van der Waals surface area (Å²) in [6.45, 7) is 3.66. The van der Waals surface area contributed by atoms with Crippen LogP contribution in [0.1, 0.15) is 43.3 Å². The number of hydrogen-bond acceptors (Lipinski definition) is 5. The van der Waals surface area contributed by atoms with Crippen molar-refractivity contribution >= 4 is 27.3 Å². The van der Waals surface area contributed by atoms with Gasteiger partial charge in [0, 0.05) is 24.0 Å². The lowest BCUT2D eigenvalue weighted by Gasteiger charge is -2.27. The van der Waals surface area contributed by atoms with Gasteiger partial charge < -0.3 is 5.32 Å². The molecule has 0 radical (unpaired) electrons. The molecule has 25 heavy (non-hydrogen) atoms. The molecule has 1 amide bonds. The van der Waals surface area contributed by atoms with Crippen LogP contribution in [0.2, 0.25) is 0 Å². The summed E-state index contributed by atoms with van der Waals surface area (Å²) in [4.78, 5) is 16.2. The second-order valence-corrected chi connectivity index (χ2v) is 9.37. The van der Waals surface area contributed by atoms with Gasteiger partial charge >= 0.3 is 0 Å². The first-order valence-electron chi connectivity index (χ1n) is 8.17. The zero-order valence-corrected chi connectivity index (χ0v) is 15.8. The molecule has 0 aliphatic heterocycles. The number of aromatic nitrogens is 1. The Bertz CT molecular complexity index is 845. The van der Waals surface area contributed by atoms with Gasteiger partial charge in [0.1, 0.15) is 4.21 Å². The highest BCUT2D eigenvalue weighted by Crippen LogP contribution is 2.39. The Kier molecular flexibility index (Phi) is 5.21. The minimum absolute atomic E-state index is 0.0305. The van der Waals surface area contributed by atoms with E-state index in [0.29, 0.717) is 10.8 Å². The molecule has 0 bridgehead atoms. The number of carbonyl (C=O) groups excluding carboxylic acids is 1. The van der Waals surface area contributed by atoms with Crippen molar-refractivity contribution in [1.29, 1.82) is 0 Å². The Balaban J connectivity index is 1.87. The predicted octanol–water partition coefficient (Wildman–Crippen LogP) is 2.69. The Morgan fingerprint density at radius 1 is 1.36 bits per heavy atom. The van der Waals surface area contributed by atoms with Crippen molar-refractivity contribution in [3.8, 4) is 0 Å². The van der Waals surface area contributed by atoms with E-state index in [0.717, 1.165) is 23.4 Å². The average molecular weight is 380 g/mol. The number of sulfonamides is 1. The van der Waals surface area contributed by atoms with E-state index >= 15 is 0 Å². The highest BCUT2D eigenvalue weighted by atomic mass is 32.2. The maximum atomic E-state index is 13.2. The molecule has 0 saturated heterocycles. The number of carbonyl (C=O) groups is 1. The summed E-state index contributed by atoms with van der Waals surface area (Å²) in [6.07, 6.45) is 3.43. The van der Waals surface area contributed by atoms with Gasteiger partial charge in [-0.05, 0) is 44.0 Å². The van der Waals surface area contributed by atoms with Crippen molar-refractivity contribution in [2.75, 3.05) is 0 Å². The SMILES string of the molecule is CC(=O)NCc1ccc(S(=O)(=O)N(C2CC2)[C@H](C)c2ccccn2)s1. The molecule has 1 saturated carbocycles. The van der Waals surface area contributed by atoms with Crippen molar-refractivity contribution in [2.45, 2.75) is 49.5 Å². The van der Waals surface area contributed by atoms with E-state index in [1.165, 1.54) is 18.3 Å².